The molecule has 0 fully saturated rings. The van der Waals surface area contributed by atoms with Gasteiger partial charge in [-0.1, -0.05) is 0 Å². The molecule has 0 amide bonds. The highest BCUT2D eigenvalue weighted by Crippen LogP contribution is 2.26. The van der Waals surface area contributed by atoms with Crippen molar-refractivity contribution < 1.29 is 14.8 Å². The predicted octanol–water partition coefficient (Wildman–Crippen LogP) is 2.14. The fraction of sp³-hybridized carbons (Fsp3) is 0.364. The van der Waals surface area contributed by atoms with Gasteiger partial charge in [0.05, 0.1) is 16.2 Å². The van der Waals surface area contributed by atoms with Crippen LogP contribution in [-0.2, 0) is 0 Å². The molecule has 6 heteroatoms. The third kappa shape index (κ3) is 2.72. The summed E-state index contributed by atoms with van der Waals surface area (Å²) in [6.07, 6.45) is 0. The zero-order chi connectivity index (χ0) is 13.2. The first-order valence-corrected chi connectivity index (χ1v) is 5.09. The Morgan fingerprint density at radius 3 is 2.47 bits per heavy atom. The van der Waals surface area contributed by atoms with Crippen molar-refractivity contribution in [1.29, 1.82) is 0 Å². The van der Waals surface area contributed by atoms with Gasteiger partial charge in [0.25, 0.3) is 5.69 Å². The molecule has 0 saturated heterocycles. The first-order chi connectivity index (χ1) is 7.84. The number of nitro groups is 1. The molecule has 0 aliphatic carbocycles. The van der Waals surface area contributed by atoms with Crippen molar-refractivity contribution in [3.63, 3.8) is 0 Å². The molecule has 0 aliphatic rings. The first kappa shape index (κ1) is 13.0. The maximum absolute atomic E-state index is 11.0. The van der Waals surface area contributed by atoms with E-state index in [1.54, 1.807) is 11.9 Å². The summed E-state index contributed by atoms with van der Waals surface area (Å²) in [7, 11) is 1.70. The lowest BCUT2D eigenvalue weighted by Gasteiger charge is -2.25. The minimum absolute atomic E-state index is 0.0510. The van der Waals surface area contributed by atoms with Gasteiger partial charge in [0.2, 0.25) is 0 Å². The van der Waals surface area contributed by atoms with Crippen molar-refractivity contribution in [1.82, 2.24) is 0 Å². The summed E-state index contributed by atoms with van der Waals surface area (Å²) in [6.45, 7) is 3.76. The van der Waals surface area contributed by atoms with Crippen molar-refractivity contribution in [3.8, 4) is 0 Å². The maximum Gasteiger partial charge on any atom is 0.337 e. The van der Waals surface area contributed by atoms with Gasteiger partial charge in [-0.15, -0.1) is 0 Å². The molecule has 0 heterocycles. The second-order valence-electron chi connectivity index (χ2n) is 3.97. The number of nitro benzene ring substituents is 1. The Kier molecular flexibility index (Phi) is 3.67. The van der Waals surface area contributed by atoms with Crippen LogP contribution in [0.3, 0.4) is 0 Å². The Morgan fingerprint density at radius 1 is 1.47 bits per heavy atom. The summed E-state index contributed by atoms with van der Waals surface area (Å²) in [4.78, 5) is 22.9. The van der Waals surface area contributed by atoms with Gasteiger partial charge in [0.15, 0.2) is 0 Å². The number of carbonyl (C=O) groups is 1. The number of anilines is 1. The lowest BCUT2D eigenvalue weighted by atomic mass is 10.1. The van der Waals surface area contributed by atoms with Crippen LogP contribution in [0, 0.1) is 10.1 Å². The molecule has 1 aromatic carbocycles. The third-order valence-corrected chi connectivity index (χ3v) is 2.58. The molecular formula is C11H14N2O4. The molecule has 0 aromatic heterocycles. The van der Waals surface area contributed by atoms with Crippen LogP contribution in [0.25, 0.3) is 0 Å². The number of non-ortho nitro benzene ring substituents is 1. The zero-order valence-electron chi connectivity index (χ0n) is 9.88. The molecule has 0 radical (unpaired) electrons. The Morgan fingerprint density at radius 2 is 2.06 bits per heavy atom. The van der Waals surface area contributed by atoms with Crippen LogP contribution >= 0.6 is 0 Å². The summed E-state index contributed by atoms with van der Waals surface area (Å²) >= 11 is 0. The standard InChI is InChI=1S/C11H14N2O4/c1-7(2)12(3)10-6-8(13(16)17)4-5-9(10)11(14)15/h4-7H,1-3H3,(H,14,15). The van der Waals surface area contributed by atoms with Crippen LogP contribution in [0.4, 0.5) is 11.4 Å². The summed E-state index contributed by atoms with van der Waals surface area (Å²) in [5.74, 6) is -1.10. The lowest BCUT2D eigenvalue weighted by molar-refractivity contribution is -0.384. The van der Waals surface area contributed by atoms with E-state index < -0.39 is 10.9 Å². The largest absolute Gasteiger partial charge is 0.478 e. The SMILES string of the molecule is CC(C)N(C)c1cc([N+](=O)[O-])ccc1C(=O)O. The van der Waals surface area contributed by atoms with Crippen LogP contribution < -0.4 is 4.90 Å². The second-order valence-corrected chi connectivity index (χ2v) is 3.97. The van der Waals surface area contributed by atoms with E-state index in [4.69, 9.17) is 5.11 Å². The predicted molar refractivity (Wildman–Crippen MR) is 63.6 cm³/mol. The monoisotopic (exact) mass is 238 g/mol. The molecule has 1 aromatic rings. The molecule has 0 unspecified atom stereocenters. The van der Waals surface area contributed by atoms with Crippen LogP contribution in [0.15, 0.2) is 18.2 Å². The molecule has 0 spiro atoms. The number of benzene rings is 1. The molecule has 1 N–H and O–H groups in total. The number of hydrogen-bond acceptors (Lipinski definition) is 4. The number of nitrogens with zero attached hydrogens (tertiary/aromatic N) is 2. The normalized spacial score (nSPS) is 10.4. The summed E-state index contributed by atoms with van der Waals surface area (Å²) < 4.78 is 0. The van der Waals surface area contributed by atoms with E-state index in [-0.39, 0.29) is 17.3 Å². The van der Waals surface area contributed by atoms with Gasteiger partial charge in [-0.25, -0.2) is 4.79 Å². The quantitative estimate of drug-likeness (QED) is 0.641. The van der Waals surface area contributed by atoms with E-state index in [2.05, 4.69) is 0 Å². The molecule has 0 bridgehead atoms. The van der Waals surface area contributed by atoms with Crippen molar-refractivity contribution in [2.24, 2.45) is 0 Å². The first-order valence-electron chi connectivity index (χ1n) is 5.09. The van der Waals surface area contributed by atoms with Crippen molar-refractivity contribution >= 4 is 17.3 Å². The summed E-state index contributed by atoms with van der Waals surface area (Å²) in [5, 5.41) is 19.7. The highest BCUT2D eigenvalue weighted by Gasteiger charge is 2.19. The topological polar surface area (TPSA) is 83.7 Å². The number of carboxylic acid groups (broad SMARTS) is 1. The lowest BCUT2D eigenvalue weighted by Crippen LogP contribution is -2.27. The molecular weight excluding hydrogens is 224 g/mol. The average molecular weight is 238 g/mol. The zero-order valence-corrected chi connectivity index (χ0v) is 9.88. The Bertz CT molecular complexity index is 457. The fourth-order valence-corrected chi connectivity index (χ4v) is 1.38. The molecule has 0 atom stereocenters. The fourth-order valence-electron chi connectivity index (χ4n) is 1.38. The van der Waals surface area contributed by atoms with E-state index in [1.165, 1.54) is 18.2 Å². The minimum Gasteiger partial charge on any atom is -0.478 e. The molecule has 92 valence electrons. The van der Waals surface area contributed by atoms with Crippen molar-refractivity contribution in [2.75, 3.05) is 11.9 Å². The van der Waals surface area contributed by atoms with E-state index >= 15 is 0 Å². The van der Waals surface area contributed by atoms with Gasteiger partial charge in [-0.2, -0.15) is 0 Å². The van der Waals surface area contributed by atoms with Gasteiger partial charge in [0.1, 0.15) is 0 Å². The summed E-state index contributed by atoms with van der Waals surface area (Å²) in [5.41, 5.74) is 0.297. The van der Waals surface area contributed by atoms with Crippen LogP contribution in [0.2, 0.25) is 0 Å². The van der Waals surface area contributed by atoms with Gasteiger partial charge in [-0.3, -0.25) is 10.1 Å². The van der Waals surface area contributed by atoms with E-state index in [1.807, 2.05) is 13.8 Å². The summed E-state index contributed by atoms with van der Waals surface area (Å²) in [6, 6.07) is 3.79. The van der Waals surface area contributed by atoms with Crippen LogP contribution in [0.5, 0.6) is 0 Å². The minimum atomic E-state index is -1.10. The van der Waals surface area contributed by atoms with Gasteiger partial charge in [-0.05, 0) is 19.9 Å². The Labute approximate surface area is 98.6 Å². The number of aromatic carboxylic acids is 1. The average Bonchev–Trinajstić information content (AvgIpc) is 2.26. The second kappa shape index (κ2) is 4.82. The van der Waals surface area contributed by atoms with Crippen molar-refractivity contribution in [2.45, 2.75) is 19.9 Å². The van der Waals surface area contributed by atoms with Crippen molar-refractivity contribution in [3.05, 3.63) is 33.9 Å². The number of carboxylic acids is 1. The Balaban J connectivity index is 3.35. The van der Waals surface area contributed by atoms with Crippen LogP contribution in [0.1, 0.15) is 24.2 Å². The smallest absolute Gasteiger partial charge is 0.337 e. The van der Waals surface area contributed by atoms with E-state index in [0.717, 1.165) is 0 Å². The van der Waals surface area contributed by atoms with E-state index in [9.17, 15) is 14.9 Å². The third-order valence-electron chi connectivity index (χ3n) is 2.58. The van der Waals surface area contributed by atoms with E-state index in [0.29, 0.717) is 5.69 Å². The molecule has 6 nitrogen and oxygen atoms in total. The van der Waals surface area contributed by atoms with Crippen LogP contribution in [-0.4, -0.2) is 29.1 Å². The molecule has 0 saturated carbocycles. The maximum atomic E-state index is 11.0. The molecule has 17 heavy (non-hydrogen) atoms. The van der Waals surface area contributed by atoms with Gasteiger partial charge in [0, 0.05) is 25.2 Å². The number of hydrogen-bond donors (Lipinski definition) is 1. The van der Waals surface area contributed by atoms with Gasteiger partial charge < -0.3 is 10.0 Å². The Hall–Kier alpha value is -2.11. The highest BCUT2D eigenvalue weighted by molar-refractivity contribution is 5.95. The molecule has 0 aliphatic heterocycles. The number of rotatable bonds is 4. The van der Waals surface area contributed by atoms with Gasteiger partial charge >= 0.3 is 5.97 Å². The molecule has 1 rings (SSSR count). The highest BCUT2D eigenvalue weighted by atomic mass is 16.6.